The molecule has 0 aliphatic carbocycles. The Labute approximate surface area is 127 Å². The van der Waals surface area contributed by atoms with E-state index in [0.29, 0.717) is 19.6 Å². The molecule has 0 radical (unpaired) electrons. The van der Waals surface area contributed by atoms with Crippen molar-refractivity contribution < 1.29 is 19.4 Å². The Morgan fingerprint density at radius 1 is 1.10 bits per heavy atom. The van der Waals surface area contributed by atoms with Crippen molar-refractivity contribution >= 4 is 5.97 Å². The molecule has 1 aromatic rings. The van der Waals surface area contributed by atoms with E-state index in [0.717, 1.165) is 31.2 Å². The highest BCUT2D eigenvalue weighted by molar-refractivity contribution is 5.75. The molecule has 1 aromatic carbocycles. The van der Waals surface area contributed by atoms with E-state index in [-0.39, 0.29) is 11.7 Å². The zero-order valence-corrected chi connectivity index (χ0v) is 13.0. The van der Waals surface area contributed by atoms with Crippen molar-refractivity contribution in [1.29, 1.82) is 0 Å². The summed E-state index contributed by atoms with van der Waals surface area (Å²) >= 11 is 0. The van der Waals surface area contributed by atoms with E-state index >= 15 is 0 Å². The third-order valence-corrected chi connectivity index (χ3v) is 3.18. The normalized spacial score (nSPS) is 12.1. The topological polar surface area (TPSA) is 55.8 Å². The van der Waals surface area contributed by atoms with E-state index in [2.05, 4.69) is 13.8 Å². The molecule has 0 heterocycles. The maximum atomic E-state index is 12.1. The minimum absolute atomic E-state index is 0.215. The number of aromatic hydroxyl groups is 1. The summed E-state index contributed by atoms with van der Waals surface area (Å²) in [6, 6.07) is 6.82. The van der Waals surface area contributed by atoms with Gasteiger partial charge in [-0.15, -0.1) is 0 Å². The molecule has 0 fully saturated rings. The van der Waals surface area contributed by atoms with Crippen molar-refractivity contribution in [2.24, 2.45) is 0 Å². The Balaban J connectivity index is 2.57. The van der Waals surface area contributed by atoms with Crippen LogP contribution < -0.4 is 0 Å². The molecule has 4 heteroatoms. The summed E-state index contributed by atoms with van der Waals surface area (Å²) in [5.74, 6) is -0.0830. The van der Waals surface area contributed by atoms with Crippen molar-refractivity contribution in [3.05, 3.63) is 29.8 Å². The lowest BCUT2D eigenvalue weighted by Crippen LogP contribution is -2.29. The van der Waals surface area contributed by atoms with Crippen LogP contribution in [0.25, 0.3) is 0 Å². The average molecular weight is 294 g/mol. The lowest BCUT2D eigenvalue weighted by Gasteiger charge is -2.17. The summed E-state index contributed by atoms with van der Waals surface area (Å²) in [6.07, 6.45) is 3.71. The first-order valence-corrected chi connectivity index (χ1v) is 7.73. The summed E-state index contributed by atoms with van der Waals surface area (Å²) < 4.78 is 10.9. The molecule has 118 valence electrons. The van der Waals surface area contributed by atoms with Crippen LogP contribution in [0.5, 0.6) is 5.75 Å². The number of phenols is 1. The predicted molar refractivity (Wildman–Crippen MR) is 82.3 cm³/mol. The molecule has 1 unspecified atom stereocenters. The van der Waals surface area contributed by atoms with Gasteiger partial charge in [-0.05, 0) is 30.5 Å². The van der Waals surface area contributed by atoms with Gasteiger partial charge in [0.15, 0.2) is 6.10 Å². The fraction of sp³-hybridized carbons (Fsp3) is 0.588. The van der Waals surface area contributed by atoms with Gasteiger partial charge in [0.2, 0.25) is 0 Å². The maximum absolute atomic E-state index is 12.1. The molecule has 0 aliphatic rings. The molecule has 21 heavy (non-hydrogen) atoms. The van der Waals surface area contributed by atoms with Crippen LogP contribution in [0.1, 0.15) is 45.1 Å². The molecule has 1 rings (SSSR count). The number of hydrogen-bond donors (Lipinski definition) is 1. The molecule has 0 spiro atoms. The molecule has 0 saturated heterocycles. The van der Waals surface area contributed by atoms with Crippen LogP contribution in [0.4, 0.5) is 0 Å². The number of benzene rings is 1. The van der Waals surface area contributed by atoms with Crippen LogP contribution in [-0.4, -0.2) is 30.4 Å². The second-order valence-corrected chi connectivity index (χ2v) is 5.10. The van der Waals surface area contributed by atoms with Crippen LogP contribution >= 0.6 is 0 Å². The van der Waals surface area contributed by atoms with Gasteiger partial charge in [-0.3, -0.25) is 0 Å². The van der Waals surface area contributed by atoms with E-state index in [9.17, 15) is 9.90 Å². The largest absolute Gasteiger partial charge is 0.508 e. The first kappa shape index (κ1) is 17.5. The summed E-state index contributed by atoms with van der Waals surface area (Å²) in [6.45, 7) is 5.14. The van der Waals surface area contributed by atoms with Crippen molar-refractivity contribution in [3.8, 4) is 5.75 Å². The Morgan fingerprint density at radius 2 is 1.71 bits per heavy atom. The predicted octanol–water partition coefficient (Wildman–Crippen LogP) is 3.46. The van der Waals surface area contributed by atoms with Crippen LogP contribution in [0.15, 0.2) is 24.3 Å². The molecule has 0 amide bonds. The quantitative estimate of drug-likeness (QED) is 0.530. The van der Waals surface area contributed by atoms with Gasteiger partial charge < -0.3 is 14.6 Å². The summed E-state index contributed by atoms with van der Waals surface area (Å²) in [5, 5.41) is 9.29. The number of unbranched alkanes of at least 4 members (excludes halogenated alkanes) is 2. The van der Waals surface area contributed by atoms with Gasteiger partial charge in [-0.2, -0.15) is 0 Å². The highest BCUT2D eigenvalue weighted by Gasteiger charge is 2.21. The molecule has 1 atom stereocenters. The van der Waals surface area contributed by atoms with Crippen molar-refractivity contribution in [1.82, 2.24) is 0 Å². The Morgan fingerprint density at radius 3 is 2.33 bits per heavy atom. The Bertz CT molecular complexity index is 400. The van der Waals surface area contributed by atoms with E-state index in [1.165, 1.54) is 0 Å². The minimum Gasteiger partial charge on any atom is -0.508 e. The average Bonchev–Trinajstić information content (AvgIpc) is 2.48. The van der Waals surface area contributed by atoms with E-state index in [1.807, 2.05) is 0 Å². The molecular weight excluding hydrogens is 268 g/mol. The van der Waals surface area contributed by atoms with Crippen molar-refractivity contribution in [2.75, 3.05) is 13.2 Å². The zero-order valence-electron chi connectivity index (χ0n) is 13.0. The third-order valence-electron chi connectivity index (χ3n) is 3.18. The van der Waals surface area contributed by atoms with Gasteiger partial charge in [-0.1, -0.05) is 38.8 Å². The van der Waals surface area contributed by atoms with Crippen LogP contribution in [0.3, 0.4) is 0 Å². The lowest BCUT2D eigenvalue weighted by molar-refractivity contribution is -0.157. The molecule has 0 aliphatic heterocycles. The highest BCUT2D eigenvalue weighted by Crippen LogP contribution is 2.13. The third kappa shape index (κ3) is 7.14. The number of carbonyl (C=O) groups excluding carboxylic acids is 1. The lowest BCUT2D eigenvalue weighted by atomic mass is 10.1. The smallest absolute Gasteiger partial charge is 0.335 e. The van der Waals surface area contributed by atoms with Gasteiger partial charge in [0.25, 0.3) is 0 Å². The zero-order chi connectivity index (χ0) is 15.5. The number of esters is 1. The molecule has 4 nitrogen and oxygen atoms in total. The van der Waals surface area contributed by atoms with Crippen LogP contribution in [0, 0.1) is 0 Å². The van der Waals surface area contributed by atoms with E-state index in [4.69, 9.17) is 9.47 Å². The molecular formula is C17H26O4. The summed E-state index contributed by atoms with van der Waals surface area (Å²) in [7, 11) is 0. The van der Waals surface area contributed by atoms with Crippen molar-refractivity contribution in [2.45, 2.75) is 52.1 Å². The highest BCUT2D eigenvalue weighted by atomic mass is 16.6. The maximum Gasteiger partial charge on any atom is 0.335 e. The molecule has 0 saturated carbocycles. The number of phenolic OH excluding ortho intramolecular Hbond substituents is 1. The van der Waals surface area contributed by atoms with Gasteiger partial charge in [0.05, 0.1) is 6.61 Å². The second-order valence-electron chi connectivity index (χ2n) is 5.10. The van der Waals surface area contributed by atoms with Gasteiger partial charge in [0, 0.05) is 13.0 Å². The summed E-state index contributed by atoms with van der Waals surface area (Å²) in [4.78, 5) is 12.1. The standard InChI is InChI=1S/C17H26O4/c1-3-5-11-20-16(17(19)21-12-6-4-2)13-14-7-9-15(18)10-8-14/h7-10,16,18H,3-6,11-13H2,1-2H3. The monoisotopic (exact) mass is 294 g/mol. The first-order valence-electron chi connectivity index (χ1n) is 7.73. The van der Waals surface area contributed by atoms with Crippen LogP contribution in [0.2, 0.25) is 0 Å². The fourth-order valence-electron chi connectivity index (χ4n) is 1.84. The molecule has 0 bridgehead atoms. The van der Waals surface area contributed by atoms with Gasteiger partial charge >= 0.3 is 5.97 Å². The minimum atomic E-state index is -0.571. The second kappa shape index (κ2) is 10.2. The number of ether oxygens (including phenoxy) is 2. The SMILES string of the molecule is CCCCOC(=O)C(Cc1ccc(O)cc1)OCCCC. The van der Waals surface area contributed by atoms with Crippen molar-refractivity contribution in [3.63, 3.8) is 0 Å². The number of carbonyl (C=O) groups is 1. The number of hydrogen-bond acceptors (Lipinski definition) is 4. The van der Waals surface area contributed by atoms with Crippen LogP contribution in [-0.2, 0) is 20.7 Å². The number of rotatable bonds is 10. The molecule has 0 aromatic heterocycles. The van der Waals surface area contributed by atoms with E-state index in [1.54, 1.807) is 24.3 Å². The Kier molecular flexibility index (Phi) is 8.51. The van der Waals surface area contributed by atoms with Gasteiger partial charge in [0.1, 0.15) is 5.75 Å². The Hall–Kier alpha value is -1.55. The van der Waals surface area contributed by atoms with E-state index < -0.39 is 6.10 Å². The first-order chi connectivity index (χ1) is 10.2. The molecule has 1 N–H and O–H groups in total. The fourth-order valence-corrected chi connectivity index (χ4v) is 1.84. The van der Waals surface area contributed by atoms with Gasteiger partial charge in [-0.25, -0.2) is 4.79 Å². The summed E-state index contributed by atoms with van der Waals surface area (Å²) in [5.41, 5.74) is 0.946.